The summed E-state index contributed by atoms with van der Waals surface area (Å²) in [4.78, 5) is 3.93. The molecule has 0 aromatic carbocycles. The van der Waals surface area contributed by atoms with Gasteiger partial charge in [-0.3, -0.25) is 4.98 Å². The number of aromatic nitrogens is 1. The van der Waals surface area contributed by atoms with E-state index >= 15 is 0 Å². The van der Waals surface area contributed by atoms with Crippen LogP contribution in [0, 0.1) is 5.92 Å². The molecule has 1 aliphatic rings. The van der Waals surface area contributed by atoms with Gasteiger partial charge < -0.3 is 0 Å². The Hall–Kier alpha value is -0.460. The lowest BCUT2D eigenvalue weighted by atomic mass is 10.0. The molecule has 4 nitrogen and oxygen atoms in total. The van der Waals surface area contributed by atoms with E-state index in [-0.39, 0.29) is 5.75 Å². The van der Waals surface area contributed by atoms with E-state index < -0.39 is 10.0 Å². The molecule has 1 fully saturated rings. The molecule has 0 N–H and O–H groups in total. The summed E-state index contributed by atoms with van der Waals surface area (Å²) >= 11 is 3.47. The Morgan fingerprint density at radius 1 is 1.26 bits per heavy atom. The summed E-state index contributed by atoms with van der Waals surface area (Å²) in [7, 11) is -3.12. The van der Waals surface area contributed by atoms with Gasteiger partial charge >= 0.3 is 0 Å². The Kier molecular flexibility index (Phi) is 5.36. The van der Waals surface area contributed by atoms with E-state index in [0.29, 0.717) is 25.4 Å². The number of sulfonamides is 1. The molecular formula is C13H19BrN2O2S. The van der Waals surface area contributed by atoms with Gasteiger partial charge in [-0.25, -0.2) is 12.7 Å². The first-order valence-electron chi connectivity index (χ1n) is 6.54. The number of hydrogen-bond donors (Lipinski definition) is 0. The molecule has 0 unspecified atom stereocenters. The number of aryl methyl sites for hydroxylation is 1. The average Bonchev–Trinajstić information content (AvgIpc) is 2.46. The Balaban J connectivity index is 1.89. The summed E-state index contributed by atoms with van der Waals surface area (Å²) in [5.41, 5.74) is 1.02. The third-order valence-corrected chi connectivity index (χ3v) is 6.37. The van der Waals surface area contributed by atoms with Crippen LogP contribution in [0.15, 0.2) is 24.5 Å². The van der Waals surface area contributed by atoms with Crippen molar-refractivity contribution in [3.05, 3.63) is 30.1 Å². The van der Waals surface area contributed by atoms with Gasteiger partial charge in [-0.2, -0.15) is 0 Å². The van der Waals surface area contributed by atoms with Crippen molar-refractivity contribution >= 4 is 26.0 Å². The van der Waals surface area contributed by atoms with E-state index in [1.54, 1.807) is 16.7 Å². The van der Waals surface area contributed by atoms with Crippen molar-refractivity contribution in [2.45, 2.75) is 19.3 Å². The second-order valence-electron chi connectivity index (χ2n) is 4.92. The van der Waals surface area contributed by atoms with Gasteiger partial charge in [-0.15, -0.1) is 0 Å². The number of piperidine rings is 1. The molecule has 1 aromatic rings. The van der Waals surface area contributed by atoms with Crippen molar-refractivity contribution < 1.29 is 8.42 Å². The van der Waals surface area contributed by atoms with E-state index in [0.717, 1.165) is 23.7 Å². The predicted octanol–water partition coefficient (Wildman–Crippen LogP) is 2.06. The average molecular weight is 347 g/mol. The number of pyridine rings is 1. The highest BCUT2D eigenvalue weighted by Gasteiger charge is 2.27. The van der Waals surface area contributed by atoms with Crippen LogP contribution >= 0.6 is 15.9 Å². The normalized spacial score (nSPS) is 18.6. The number of hydrogen-bond acceptors (Lipinski definition) is 3. The van der Waals surface area contributed by atoms with E-state index in [1.807, 2.05) is 12.1 Å². The fourth-order valence-corrected chi connectivity index (χ4v) is 4.43. The van der Waals surface area contributed by atoms with Gasteiger partial charge in [0, 0.05) is 30.8 Å². The lowest BCUT2D eigenvalue weighted by Crippen LogP contribution is -2.40. The van der Waals surface area contributed by atoms with E-state index in [9.17, 15) is 8.42 Å². The van der Waals surface area contributed by atoms with Gasteiger partial charge in [-0.05, 0) is 42.9 Å². The first-order chi connectivity index (χ1) is 9.12. The smallest absolute Gasteiger partial charge is 0.214 e. The van der Waals surface area contributed by atoms with Gasteiger partial charge in [-0.1, -0.05) is 15.9 Å². The molecule has 1 aliphatic heterocycles. The van der Waals surface area contributed by atoms with Crippen LogP contribution in [0.3, 0.4) is 0 Å². The largest absolute Gasteiger partial charge is 0.265 e. The lowest BCUT2D eigenvalue weighted by Gasteiger charge is -2.30. The minimum Gasteiger partial charge on any atom is -0.265 e. The first kappa shape index (κ1) is 14.9. The van der Waals surface area contributed by atoms with Crippen LogP contribution in [-0.2, 0) is 16.4 Å². The van der Waals surface area contributed by atoms with Gasteiger partial charge in [0.25, 0.3) is 0 Å². The molecule has 6 heteroatoms. The zero-order valence-electron chi connectivity index (χ0n) is 10.8. The van der Waals surface area contributed by atoms with Gasteiger partial charge in [0.15, 0.2) is 0 Å². The van der Waals surface area contributed by atoms with Crippen molar-refractivity contribution in [2.75, 3.05) is 24.2 Å². The predicted molar refractivity (Wildman–Crippen MR) is 79.8 cm³/mol. The van der Waals surface area contributed by atoms with E-state index in [2.05, 4.69) is 20.9 Å². The standard InChI is InChI=1S/C13H19BrN2O2S/c14-11-13-3-8-16(9-4-13)19(17,18)10-5-12-1-6-15-7-2-12/h1-2,6-7,13H,3-5,8-11H2. The molecule has 0 saturated carbocycles. The molecule has 106 valence electrons. The molecule has 0 spiro atoms. The van der Waals surface area contributed by atoms with Crippen molar-refractivity contribution in [2.24, 2.45) is 5.92 Å². The quantitative estimate of drug-likeness (QED) is 0.766. The highest BCUT2D eigenvalue weighted by atomic mass is 79.9. The van der Waals surface area contributed by atoms with Crippen molar-refractivity contribution in [1.82, 2.24) is 9.29 Å². The second kappa shape index (κ2) is 6.81. The van der Waals surface area contributed by atoms with E-state index in [4.69, 9.17) is 0 Å². The van der Waals surface area contributed by atoms with Crippen molar-refractivity contribution in [3.8, 4) is 0 Å². The Morgan fingerprint density at radius 3 is 2.47 bits per heavy atom. The Morgan fingerprint density at radius 2 is 1.89 bits per heavy atom. The highest BCUT2D eigenvalue weighted by molar-refractivity contribution is 9.09. The molecular weight excluding hydrogens is 328 g/mol. The molecule has 1 aromatic heterocycles. The third kappa shape index (κ3) is 4.26. The summed E-state index contributed by atoms with van der Waals surface area (Å²) in [6.45, 7) is 1.32. The fourth-order valence-electron chi connectivity index (χ4n) is 2.27. The monoisotopic (exact) mass is 346 g/mol. The summed E-state index contributed by atoms with van der Waals surface area (Å²) < 4.78 is 26.2. The number of halogens is 1. The van der Waals surface area contributed by atoms with Gasteiger partial charge in [0.2, 0.25) is 10.0 Å². The molecule has 0 atom stereocenters. The maximum Gasteiger partial charge on any atom is 0.214 e. The molecule has 0 amide bonds. The van der Waals surface area contributed by atoms with Crippen LogP contribution in [0.25, 0.3) is 0 Å². The third-order valence-electron chi connectivity index (χ3n) is 3.58. The minimum absolute atomic E-state index is 0.190. The maximum atomic E-state index is 12.3. The molecule has 0 aliphatic carbocycles. The summed E-state index contributed by atoms with van der Waals surface area (Å²) in [5.74, 6) is 0.808. The molecule has 0 radical (unpaired) electrons. The van der Waals surface area contributed by atoms with Crippen LogP contribution in [0.2, 0.25) is 0 Å². The zero-order valence-corrected chi connectivity index (χ0v) is 13.2. The van der Waals surface area contributed by atoms with Crippen molar-refractivity contribution in [3.63, 3.8) is 0 Å². The minimum atomic E-state index is -3.12. The van der Waals surface area contributed by atoms with Crippen LogP contribution in [0.4, 0.5) is 0 Å². The number of nitrogens with zero attached hydrogens (tertiary/aromatic N) is 2. The van der Waals surface area contributed by atoms with Gasteiger partial charge in [0.1, 0.15) is 0 Å². The Labute approximate surface area is 123 Å². The summed E-state index contributed by atoms with van der Waals surface area (Å²) in [5, 5.41) is 0.970. The van der Waals surface area contributed by atoms with Crippen LogP contribution in [0.1, 0.15) is 18.4 Å². The summed E-state index contributed by atoms with van der Waals surface area (Å²) in [6.07, 6.45) is 5.87. The Bertz CT molecular complexity index is 485. The molecule has 1 saturated heterocycles. The van der Waals surface area contributed by atoms with Crippen molar-refractivity contribution in [1.29, 1.82) is 0 Å². The van der Waals surface area contributed by atoms with Crippen LogP contribution in [-0.4, -0.2) is 41.9 Å². The zero-order chi connectivity index (χ0) is 13.7. The lowest BCUT2D eigenvalue weighted by molar-refractivity contribution is 0.292. The SMILES string of the molecule is O=S(=O)(CCc1ccncc1)N1CCC(CBr)CC1. The molecule has 2 heterocycles. The fraction of sp³-hybridized carbons (Fsp3) is 0.615. The van der Waals surface area contributed by atoms with Crippen LogP contribution < -0.4 is 0 Å². The molecule has 2 rings (SSSR count). The van der Waals surface area contributed by atoms with Gasteiger partial charge in [0.05, 0.1) is 5.75 Å². The van der Waals surface area contributed by atoms with E-state index in [1.165, 1.54) is 0 Å². The van der Waals surface area contributed by atoms with Crippen LogP contribution in [0.5, 0.6) is 0 Å². The maximum absolute atomic E-state index is 12.3. The number of alkyl halides is 1. The topological polar surface area (TPSA) is 50.3 Å². The number of rotatable bonds is 5. The molecule has 0 bridgehead atoms. The molecule has 19 heavy (non-hydrogen) atoms. The first-order valence-corrected chi connectivity index (χ1v) is 9.27. The second-order valence-corrected chi connectivity index (χ2v) is 7.65. The highest BCUT2D eigenvalue weighted by Crippen LogP contribution is 2.21. The summed E-state index contributed by atoms with van der Waals surface area (Å²) in [6, 6.07) is 3.74.